The minimum Gasteiger partial charge on any atom is -0.309 e. The van der Waals surface area contributed by atoms with Crippen LogP contribution in [0.3, 0.4) is 0 Å². The summed E-state index contributed by atoms with van der Waals surface area (Å²) < 4.78 is 23.3. The molecule has 0 spiro atoms. The average molecular weight is 283 g/mol. The first-order chi connectivity index (χ1) is 8.63. The van der Waals surface area contributed by atoms with Gasteiger partial charge in [0.1, 0.15) is 0 Å². The van der Waals surface area contributed by atoms with E-state index in [4.69, 9.17) is 0 Å². The van der Waals surface area contributed by atoms with Crippen molar-refractivity contribution < 1.29 is 8.42 Å². The zero-order valence-corrected chi connectivity index (χ0v) is 13.3. The Kier molecular flexibility index (Phi) is 5.16. The van der Waals surface area contributed by atoms with E-state index in [1.807, 2.05) is 6.07 Å². The van der Waals surface area contributed by atoms with Crippen molar-refractivity contribution in [1.29, 1.82) is 0 Å². The Balaban J connectivity index is 2.55. The lowest BCUT2D eigenvalue weighted by Gasteiger charge is -2.20. The Bertz CT molecular complexity index is 515. The summed E-state index contributed by atoms with van der Waals surface area (Å²) in [7, 11) is -3.05. The van der Waals surface area contributed by atoms with E-state index in [9.17, 15) is 8.42 Å². The smallest absolute Gasteiger partial charge is 0.156 e. The first-order valence-electron chi connectivity index (χ1n) is 6.66. The van der Waals surface area contributed by atoms with Crippen LogP contribution in [0.15, 0.2) is 24.3 Å². The number of benzene rings is 1. The molecule has 0 heterocycles. The molecule has 0 aliphatic rings. The lowest BCUT2D eigenvalue weighted by molar-refractivity contribution is 0.546. The Hall–Kier alpha value is -0.870. The van der Waals surface area contributed by atoms with E-state index in [1.54, 1.807) is 20.8 Å². The number of nitrogens with one attached hydrogen (secondary N) is 1. The van der Waals surface area contributed by atoms with Gasteiger partial charge in [-0.3, -0.25) is 0 Å². The fourth-order valence-corrected chi connectivity index (χ4v) is 2.77. The van der Waals surface area contributed by atoms with Crippen LogP contribution < -0.4 is 5.32 Å². The van der Waals surface area contributed by atoms with Gasteiger partial charge in [-0.2, -0.15) is 0 Å². The number of sulfone groups is 1. The van der Waals surface area contributed by atoms with Gasteiger partial charge in [-0.1, -0.05) is 29.8 Å². The van der Waals surface area contributed by atoms with Crippen LogP contribution in [-0.2, 0) is 9.84 Å². The van der Waals surface area contributed by atoms with Crippen molar-refractivity contribution in [2.24, 2.45) is 0 Å². The van der Waals surface area contributed by atoms with E-state index >= 15 is 0 Å². The van der Waals surface area contributed by atoms with Gasteiger partial charge in [0.05, 0.1) is 10.5 Å². The fraction of sp³-hybridized carbons (Fsp3) is 0.600. The second-order valence-electron chi connectivity index (χ2n) is 6.02. The van der Waals surface area contributed by atoms with Crippen LogP contribution in [0.25, 0.3) is 0 Å². The van der Waals surface area contributed by atoms with E-state index in [1.165, 1.54) is 11.1 Å². The number of rotatable bonds is 5. The second-order valence-corrected chi connectivity index (χ2v) is 8.88. The van der Waals surface area contributed by atoms with Crippen LogP contribution in [0.1, 0.15) is 44.9 Å². The summed E-state index contributed by atoms with van der Waals surface area (Å²) >= 11 is 0. The molecule has 3 nitrogen and oxygen atoms in total. The van der Waals surface area contributed by atoms with Gasteiger partial charge in [0.15, 0.2) is 9.84 Å². The van der Waals surface area contributed by atoms with Crippen LogP contribution in [0.4, 0.5) is 0 Å². The standard InChI is InChI=1S/C15H25NO2S/c1-12-7-6-8-14(11-12)13(2)16-9-10-19(17,18)15(3,4)5/h6-8,11,13,16H,9-10H2,1-5H3/t13-/m0/s1. The molecule has 0 saturated heterocycles. The highest BCUT2D eigenvalue weighted by Crippen LogP contribution is 2.16. The van der Waals surface area contributed by atoms with E-state index in [-0.39, 0.29) is 11.8 Å². The van der Waals surface area contributed by atoms with Crippen LogP contribution in [0.5, 0.6) is 0 Å². The number of hydrogen-bond acceptors (Lipinski definition) is 3. The van der Waals surface area contributed by atoms with Gasteiger partial charge in [0.2, 0.25) is 0 Å². The molecule has 1 aromatic rings. The Morgan fingerprint density at radius 2 is 1.89 bits per heavy atom. The summed E-state index contributed by atoms with van der Waals surface area (Å²) in [5.74, 6) is 0.173. The molecule has 0 aliphatic heterocycles. The molecule has 0 bridgehead atoms. The molecule has 19 heavy (non-hydrogen) atoms. The molecule has 0 aliphatic carbocycles. The highest BCUT2D eigenvalue weighted by atomic mass is 32.2. The third-order valence-electron chi connectivity index (χ3n) is 3.30. The number of aryl methyl sites for hydroxylation is 1. The SMILES string of the molecule is Cc1cccc([C@H](C)NCCS(=O)(=O)C(C)(C)C)c1. The lowest BCUT2D eigenvalue weighted by Crippen LogP contribution is -2.35. The average Bonchev–Trinajstić information content (AvgIpc) is 2.27. The largest absolute Gasteiger partial charge is 0.309 e. The molecule has 0 unspecified atom stereocenters. The van der Waals surface area contributed by atoms with Crippen molar-refractivity contribution in [2.75, 3.05) is 12.3 Å². The normalized spacial score (nSPS) is 14.4. The highest BCUT2D eigenvalue weighted by Gasteiger charge is 2.28. The van der Waals surface area contributed by atoms with Gasteiger partial charge in [-0.05, 0) is 40.2 Å². The second kappa shape index (κ2) is 6.06. The van der Waals surface area contributed by atoms with Gasteiger partial charge in [0, 0.05) is 12.6 Å². The molecule has 0 amide bonds. The van der Waals surface area contributed by atoms with Gasteiger partial charge in [-0.15, -0.1) is 0 Å². The molecule has 1 rings (SSSR count). The van der Waals surface area contributed by atoms with Gasteiger partial charge < -0.3 is 5.32 Å². The Labute approximate surface area is 117 Å². The number of hydrogen-bond donors (Lipinski definition) is 1. The van der Waals surface area contributed by atoms with Crippen molar-refractivity contribution in [1.82, 2.24) is 5.32 Å². The van der Waals surface area contributed by atoms with E-state index in [0.29, 0.717) is 6.54 Å². The summed E-state index contributed by atoms with van der Waals surface area (Å²) in [6.45, 7) is 9.82. The van der Waals surface area contributed by atoms with Gasteiger partial charge >= 0.3 is 0 Å². The van der Waals surface area contributed by atoms with Gasteiger partial charge in [-0.25, -0.2) is 8.42 Å². The zero-order chi connectivity index (χ0) is 14.7. The topological polar surface area (TPSA) is 46.2 Å². The third kappa shape index (κ3) is 4.62. The molecule has 4 heteroatoms. The maximum absolute atomic E-state index is 12.0. The van der Waals surface area contributed by atoms with Crippen LogP contribution >= 0.6 is 0 Å². The van der Waals surface area contributed by atoms with Crippen LogP contribution in [0.2, 0.25) is 0 Å². The maximum atomic E-state index is 12.0. The zero-order valence-electron chi connectivity index (χ0n) is 12.5. The van der Waals surface area contributed by atoms with Crippen molar-refractivity contribution in [2.45, 2.75) is 45.4 Å². The molecule has 0 radical (unpaired) electrons. The quantitative estimate of drug-likeness (QED) is 0.904. The van der Waals surface area contributed by atoms with Crippen molar-refractivity contribution >= 4 is 9.84 Å². The third-order valence-corrected chi connectivity index (χ3v) is 5.90. The van der Waals surface area contributed by atoms with Crippen molar-refractivity contribution in [3.8, 4) is 0 Å². The molecule has 1 aromatic carbocycles. The van der Waals surface area contributed by atoms with E-state index < -0.39 is 14.6 Å². The predicted molar refractivity (Wildman–Crippen MR) is 81.1 cm³/mol. The monoisotopic (exact) mass is 283 g/mol. The van der Waals surface area contributed by atoms with E-state index in [0.717, 1.165) is 0 Å². The highest BCUT2D eigenvalue weighted by molar-refractivity contribution is 7.92. The molecule has 0 aromatic heterocycles. The first kappa shape index (κ1) is 16.2. The van der Waals surface area contributed by atoms with Gasteiger partial charge in [0.25, 0.3) is 0 Å². The maximum Gasteiger partial charge on any atom is 0.156 e. The summed E-state index contributed by atoms with van der Waals surface area (Å²) in [5, 5.41) is 3.28. The Morgan fingerprint density at radius 1 is 1.26 bits per heavy atom. The molecule has 108 valence electrons. The molecule has 0 saturated carbocycles. The predicted octanol–water partition coefficient (Wildman–Crippen LogP) is 2.86. The minimum atomic E-state index is -3.05. The van der Waals surface area contributed by atoms with Crippen molar-refractivity contribution in [3.05, 3.63) is 35.4 Å². The van der Waals surface area contributed by atoms with Crippen LogP contribution in [-0.4, -0.2) is 25.5 Å². The molecule has 1 N–H and O–H groups in total. The summed E-state index contributed by atoms with van der Waals surface area (Å²) in [5.41, 5.74) is 2.40. The summed E-state index contributed by atoms with van der Waals surface area (Å²) in [6.07, 6.45) is 0. The summed E-state index contributed by atoms with van der Waals surface area (Å²) in [6, 6.07) is 8.42. The molecule has 0 fully saturated rings. The summed E-state index contributed by atoms with van der Waals surface area (Å²) in [4.78, 5) is 0. The molecular weight excluding hydrogens is 258 g/mol. The fourth-order valence-electron chi connectivity index (χ4n) is 1.77. The minimum absolute atomic E-state index is 0.162. The van der Waals surface area contributed by atoms with Crippen LogP contribution in [0, 0.1) is 6.92 Å². The molecular formula is C15H25NO2S. The van der Waals surface area contributed by atoms with Crippen molar-refractivity contribution in [3.63, 3.8) is 0 Å². The lowest BCUT2D eigenvalue weighted by atomic mass is 10.1. The van der Waals surface area contributed by atoms with E-state index in [2.05, 4.69) is 37.4 Å². The Morgan fingerprint density at radius 3 is 2.42 bits per heavy atom. The first-order valence-corrected chi connectivity index (χ1v) is 8.31. The molecule has 1 atom stereocenters.